The normalized spacial score (nSPS) is 21.0. The molecule has 2 saturated heterocycles. The summed E-state index contributed by atoms with van der Waals surface area (Å²) in [4.78, 5) is 26.9. The minimum atomic E-state index is -0.334. The summed E-state index contributed by atoms with van der Waals surface area (Å²) in [5.74, 6) is -0.432. The van der Waals surface area contributed by atoms with Crippen molar-refractivity contribution >= 4 is 73.1 Å². The second-order valence-electron chi connectivity index (χ2n) is 6.88. The molecule has 1 amide bonds. The molecule has 2 aromatic rings. The quantitative estimate of drug-likeness (QED) is 0.356. The molecule has 1 aromatic heterocycles. The van der Waals surface area contributed by atoms with Crippen molar-refractivity contribution in [3.8, 4) is 0 Å². The third-order valence-electron chi connectivity index (χ3n) is 4.97. The van der Waals surface area contributed by atoms with Crippen LogP contribution in [0.25, 0.3) is 17.0 Å². The second kappa shape index (κ2) is 8.59. The summed E-state index contributed by atoms with van der Waals surface area (Å²) in [7, 11) is 1.37. The molecule has 0 aliphatic carbocycles. The van der Waals surface area contributed by atoms with E-state index in [1.807, 2.05) is 35.0 Å². The first kappa shape index (κ1) is 20.6. The Morgan fingerprint density at radius 1 is 1.48 bits per heavy atom. The van der Waals surface area contributed by atoms with E-state index in [-0.39, 0.29) is 24.5 Å². The minimum Gasteiger partial charge on any atom is -0.468 e. The fraction of sp³-hybridized carbons (Fsp3) is 0.350. The van der Waals surface area contributed by atoms with E-state index in [0.717, 1.165) is 40.4 Å². The van der Waals surface area contributed by atoms with Gasteiger partial charge in [0.2, 0.25) is 0 Å². The number of aromatic nitrogens is 1. The monoisotopic (exact) mass is 494 g/mol. The highest BCUT2D eigenvalue weighted by atomic mass is 79.9. The highest BCUT2D eigenvalue weighted by molar-refractivity contribution is 9.10. The molecule has 2 aliphatic rings. The number of hydrogen-bond acceptors (Lipinski definition) is 6. The number of benzene rings is 1. The molecule has 29 heavy (non-hydrogen) atoms. The lowest BCUT2D eigenvalue weighted by molar-refractivity contribution is -0.141. The lowest BCUT2D eigenvalue weighted by Gasteiger charge is -2.18. The largest absolute Gasteiger partial charge is 0.468 e. The summed E-state index contributed by atoms with van der Waals surface area (Å²) in [5, 5.41) is 0.938. The van der Waals surface area contributed by atoms with Crippen molar-refractivity contribution in [1.29, 1.82) is 0 Å². The van der Waals surface area contributed by atoms with Gasteiger partial charge in [0, 0.05) is 33.7 Å². The average molecular weight is 495 g/mol. The van der Waals surface area contributed by atoms with Crippen molar-refractivity contribution in [2.24, 2.45) is 0 Å². The first-order valence-electron chi connectivity index (χ1n) is 9.18. The number of esters is 1. The van der Waals surface area contributed by atoms with E-state index in [1.54, 1.807) is 4.90 Å². The van der Waals surface area contributed by atoms with E-state index < -0.39 is 0 Å². The number of thioether (sulfide) groups is 1. The van der Waals surface area contributed by atoms with Crippen LogP contribution in [0.1, 0.15) is 18.4 Å². The molecule has 0 unspecified atom stereocenters. The number of ether oxygens (including phenoxy) is 2. The summed E-state index contributed by atoms with van der Waals surface area (Å²) in [6.07, 6.45) is 5.72. The number of thiocarbonyl (C=S) groups is 1. The molecule has 3 heterocycles. The number of amides is 1. The van der Waals surface area contributed by atoms with Crippen molar-refractivity contribution in [2.75, 3.05) is 20.3 Å². The molecule has 6 nitrogen and oxygen atoms in total. The number of nitrogens with zero attached hydrogens (tertiary/aromatic N) is 2. The highest BCUT2D eigenvalue weighted by Gasteiger charge is 2.34. The Morgan fingerprint density at radius 2 is 2.31 bits per heavy atom. The number of rotatable bonds is 5. The zero-order valence-electron chi connectivity index (χ0n) is 15.7. The number of halogens is 1. The number of methoxy groups -OCH3 is 1. The Kier molecular flexibility index (Phi) is 6.10. The maximum Gasteiger partial charge on any atom is 0.325 e. The highest BCUT2D eigenvalue weighted by Crippen LogP contribution is 2.35. The fourth-order valence-corrected chi connectivity index (χ4v) is 5.16. The molecule has 9 heteroatoms. The van der Waals surface area contributed by atoms with Crippen LogP contribution in [0.4, 0.5) is 0 Å². The van der Waals surface area contributed by atoms with Crippen LogP contribution in [-0.4, -0.2) is 52.0 Å². The average Bonchev–Trinajstić information content (AvgIpc) is 3.39. The van der Waals surface area contributed by atoms with Gasteiger partial charge in [0.25, 0.3) is 5.91 Å². The molecule has 4 rings (SSSR count). The molecular formula is C20H19BrN2O4S2. The van der Waals surface area contributed by atoms with Crippen molar-refractivity contribution in [3.63, 3.8) is 0 Å². The summed E-state index contributed by atoms with van der Waals surface area (Å²) in [6, 6.07) is 5.82. The molecule has 2 aliphatic heterocycles. The van der Waals surface area contributed by atoms with Crippen LogP contribution >= 0.6 is 39.9 Å². The van der Waals surface area contributed by atoms with Gasteiger partial charge in [0.1, 0.15) is 10.9 Å². The topological polar surface area (TPSA) is 60.8 Å². The van der Waals surface area contributed by atoms with Crippen LogP contribution in [0.2, 0.25) is 0 Å². The first-order chi connectivity index (χ1) is 14.0. The standard InChI is InChI=1S/C20H19BrN2O4S2/c1-26-18(24)11-22-9-12(15-8-13(21)4-5-16(15)22)7-17-19(25)23(20(28)29-17)10-14-3-2-6-27-14/h4-5,7-9,14H,2-3,6,10-11H2,1H3/b17-7-/t14-/m0/s1. The van der Waals surface area contributed by atoms with Crippen molar-refractivity contribution < 1.29 is 19.1 Å². The Morgan fingerprint density at radius 3 is 3.03 bits per heavy atom. The maximum atomic E-state index is 12.9. The predicted molar refractivity (Wildman–Crippen MR) is 121 cm³/mol. The summed E-state index contributed by atoms with van der Waals surface area (Å²) in [6.45, 7) is 1.34. The molecule has 0 spiro atoms. The van der Waals surface area contributed by atoms with Gasteiger partial charge >= 0.3 is 5.97 Å². The SMILES string of the molecule is COC(=O)Cn1cc(/C=C2\SC(=S)N(C[C@@H]3CCCO3)C2=O)c2cc(Br)ccc21. The lowest BCUT2D eigenvalue weighted by atomic mass is 10.1. The Labute approximate surface area is 186 Å². The van der Waals surface area contributed by atoms with Crippen molar-refractivity contribution in [2.45, 2.75) is 25.5 Å². The Balaban J connectivity index is 1.66. The smallest absolute Gasteiger partial charge is 0.325 e. The lowest BCUT2D eigenvalue weighted by Crippen LogP contribution is -2.35. The van der Waals surface area contributed by atoms with Crippen molar-refractivity contribution in [3.05, 3.63) is 39.3 Å². The third-order valence-corrected chi connectivity index (χ3v) is 6.84. The molecule has 0 N–H and O–H groups in total. The van der Waals surface area contributed by atoms with Crippen LogP contribution in [0.3, 0.4) is 0 Å². The number of carbonyl (C=O) groups excluding carboxylic acids is 2. The van der Waals surface area contributed by atoms with Gasteiger partial charge in [-0.05, 0) is 37.1 Å². The Hall–Kier alpha value is -1.68. The second-order valence-corrected chi connectivity index (χ2v) is 9.47. The van der Waals surface area contributed by atoms with Crippen LogP contribution in [0.5, 0.6) is 0 Å². The van der Waals surface area contributed by atoms with Gasteiger partial charge in [0.15, 0.2) is 0 Å². The van der Waals surface area contributed by atoms with Crippen molar-refractivity contribution in [1.82, 2.24) is 9.47 Å². The van der Waals surface area contributed by atoms with E-state index in [1.165, 1.54) is 18.9 Å². The molecule has 2 fully saturated rings. The fourth-order valence-electron chi connectivity index (χ4n) is 3.54. The summed E-state index contributed by atoms with van der Waals surface area (Å²) < 4.78 is 13.7. The molecule has 152 valence electrons. The molecule has 0 bridgehead atoms. The van der Waals surface area contributed by atoms with E-state index in [2.05, 4.69) is 15.9 Å². The van der Waals surface area contributed by atoms with Gasteiger partial charge in [-0.15, -0.1) is 0 Å². The van der Waals surface area contributed by atoms with Gasteiger partial charge in [-0.25, -0.2) is 0 Å². The maximum absolute atomic E-state index is 12.9. The minimum absolute atomic E-state index is 0.0507. The van der Waals surface area contributed by atoms with Gasteiger partial charge in [0.05, 0.1) is 24.7 Å². The predicted octanol–water partition coefficient (Wildman–Crippen LogP) is 3.96. The summed E-state index contributed by atoms with van der Waals surface area (Å²) >= 11 is 10.2. The molecule has 1 atom stereocenters. The van der Waals surface area contributed by atoms with Crippen LogP contribution < -0.4 is 0 Å². The molecule has 0 saturated carbocycles. The number of carbonyl (C=O) groups is 2. The summed E-state index contributed by atoms with van der Waals surface area (Å²) in [5.41, 5.74) is 1.74. The van der Waals surface area contributed by atoms with Crippen LogP contribution in [-0.2, 0) is 25.6 Å². The number of hydrogen-bond donors (Lipinski definition) is 0. The van der Waals surface area contributed by atoms with Gasteiger partial charge < -0.3 is 14.0 Å². The zero-order valence-corrected chi connectivity index (χ0v) is 18.9. The van der Waals surface area contributed by atoms with Gasteiger partial charge in [-0.3, -0.25) is 14.5 Å². The van der Waals surface area contributed by atoms with E-state index in [0.29, 0.717) is 15.8 Å². The van der Waals surface area contributed by atoms with E-state index in [9.17, 15) is 9.59 Å². The van der Waals surface area contributed by atoms with Gasteiger partial charge in [-0.1, -0.05) is 39.9 Å². The first-order valence-corrected chi connectivity index (χ1v) is 11.2. The zero-order chi connectivity index (χ0) is 20.5. The van der Waals surface area contributed by atoms with E-state index in [4.69, 9.17) is 21.7 Å². The molecular weight excluding hydrogens is 476 g/mol. The van der Waals surface area contributed by atoms with Gasteiger partial charge in [-0.2, -0.15) is 0 Å². The van der Waals surface area contributed by atoms with E-state index >= 15 is 0 Å². The molecule has 1 aromatic carbocycles. The van der Waals surface area contributed by atoms with Crippen LogP contribution in [0, 0.1) is 0 Å². The Bertz CT molecular complexity index is 1030. The van der Waals surface area contributed by atoms with Crippen LogP contribution in [0.15, 0.2) is 33.8 Å². The molecule has 0 radical (unpaired) electrons. The third kappa shape index (κ3) is 4.28. The number of fused-ring (bicyclic) bond motifs is 1.